The van der Waals surface area contributed by atoms with Gasteiger partial charge in [0.25, 0.3) is 0 Å². The highest BCUT2D eigenvalue weighted by molar-refractivity contribution is 8.00. The number of carbonyl (C=O) groups is 1. The molecule has 2 aromatic heterocycles. The first-order valence-electron chi connectivity index (χ1n) is 7.92. The van der Waals surface area contributed by atoms with Crippen LogP contribution < -0.4 is 10.1 Å². The summed E-state index contributed by atoms with van der Waals surface area (Å²) < 4.78 is 6.17. The summed E-state index contributed by atoms with van der Waals surface area (Å²) in [6.07, 6.45) is 2.31. The van der Waals surface area contributed by atoms with Gasteiger partial charge in [0, 0.05) is 15.3 Å². The fraction of sp³-hybridized carbons (Fsp3) is 0.278. The van der Waals surface area contributed by atoms with Crippen LogP contribution in [-0.4, -0.2) is 29.2 Å². The summed E-state index contributed by atoms with van der Waals surface area (Å²) in [5, 5.41) is 3.53. The Kier molecular flexibility index (Phi) is 5.95. The Balaban J connectivity index is 1.71. The number of aryl methyl sites for hydroxylation is 2. The highest BCUT2D eigenvalue weighted by Crippen LogP contribution is 2.32. The number of hydrogen-bond acceptors (Lipinski definition) is 7. The van der Waals surface area contributed by atoms with Crippen molar-refractivity contribution in [2.45, 2.75) is 24.6 Å². The van der Waals surface area contributed by atoms with Crippen molar-refractivity contribution in [2.24, 2.45) is 0 Å². The van der Waals surface area contributed by atoms with Gasteiger partial charge in [-0.15, -0.1) is 22.7 Å². The number of hydrogen-bond donors (Lipinski definition) is 1. The van der Waals surface area contributed by atoms with Crippen molar-refractivity contribution in [1.82, 2.24) is 9.97 Å². The van der Waals surface area contributed by atoms with Crippen LogP contribution in [0.3, 0.4) is 0 Å². The quantitative estimate of drug-likeness (QED) is 0.597. The van der Waals surface area contributed by atoms with Crippen molar-refractivity contribution in [2.75, 3.05) is 18.7 Å². The van der Waals surface area contributed by atoms with Gasteiger partial charge in [0.1, 0.15) is 10.1 Å². The molecule has 136 valence electrons. The van der Waals surface area contributed by atoms with Gasteiger partial charge in [-0.2, -0.15) is 0 Å². The van der Waals surface area contributed by atoms with Crippen LogP contribution in [0.15, 0.2) is 28.6 Å². The van der Waals surface area contributed by atoms with Crippen molar-refractivity contribution in [3.05, 3.63) is 39.7 Å². The van der Waals surface area contributed by atoms with Gasteiger partial charge < -0.3 is 10.1 Å². The standard InChI is InChI=1S/C18H19N3O2S3/c1-10-14(26-18(19-10)24-4)9-15(22)20-17-21-16(11(2)25-17)12-5-7-13(23-3)8-6-12/h5-8H,9H2,1-4H3,(H,20,21,22). The summed E-state index contributed by atoms with van der Waals surface area (Å²) in [6, 6.07) is 7.75. The second-order valence-corrected chi connectivity index (χ2v) is 8.91. The summed E-state index contributed by atoms with van der Waals surface area (Å²) in [7, 11) is 1.64. The third-order valence-electron chi connectivity index (χ3n) is 3.78. The van der Waals surface area contributed by atoms with Crippen LogP contribution in [0.4, 0.5) is 5.13 Å². The molecule has 0 saturated carbocycles. The SMILES string of the molecule is COc1ccc(-c2nc(NC(=O)Cc3sc(SC)nc3C)sc2C)cc1. The van der Waals surface area contributed by atoms with Gasteiger partial charge in [-0.25, -0.2) is 9.97 Å². The van der Waals surface area contributed by atoms with Crippen molar-refractivity contribution in [1.29, 1.82) is 0 Å². The Labute approximate surface area is 164 Å². The maximum atomic E-state index is 12.4. The molecule has 5 nitrogen and oxygen atoms in total. The fourth-order valence-corrected chi connectivity index (χ4v) is 4.93. The molecule has 1 aromatic carbocycles. The van der Waals surface area contributed by atoms with E-state index in [-0.39, 0.29) is 5.91 Å². The average Bonchev–Trinajstić information content (AvgIpc) is 3.17. The number of thioether (sulfide) groups is 1. The normalized spacial score (nSPS) is 10.8. The largest absolute Gasteiger partial charge is 0.497 e. The van der Waals surface area contributed by atoms with Crippen LogP contribution in [0.25, 0.3) is 11.3 Å². The zero-order valence-corrected chi connectivity index (χ0v) is 17.4. The van der Waals surface area contributed by atoms with Crippen LogP contribution in [0.1, 0.15) is 15.4 Å². The van der Waals surface area contributed by atoms with Crippen LogP contribution in [0.2, 0.25) is 0 Å². The van der Waals surface area contributed by atoms with Crippen molar-refractivity contribution in [3.63, 3.8) is 0 Å². The van der Waals surface area contributed by atoms with Crippen molar-refractivity contribution in [3.8, 4) is 17.0 Å². The zero-order valence-electron chi connectivity index (χ0n) is 15.0. The molecule has 3 rings (SSSR count). The molecule has 0 saturated heterocycles. The Morgan fingerprint density at radius 1 is 1.19 bits per heavy atom. The van der Waals surface area contributed by atoms with E-state index in [0.717, 1.165) is 36.8 Å². The van der Waals surface area contributed by atoms with E-state index >= 15 is 0 Å². The molecule has 0 bridgehead atoms. The Bertz CT molecular complexity index is 916. The smallest absolute Gasteiger partial charge is 0.231 e. The number of ether oxygens (including phenoxy) is 1. The molecule has 0 aliphatic heterocycles. The van der Waals surface area contributed by atoms with Crippen LogP contribution in [-0.2, 0) is 11.2 Å². The lowest BCUT2D eigenvalue weighted by Gasteiger charge is -2.02. The number of carbonyl (C=O) groups excluding carboxylic acids is 1. The topological polar surface area (TPSA) is 64.1 Å². The van der Waals surface area contributed by atoms with Crippen molar-refractivity contribution >= 4 is 45.5 Å². The van der Waals surface area contributed by atoms with Gasteiger partial charge in [0.2, 0.25) is 5.91 Å². The van der Waals surface area contributed by atoms with E-state index in [2.05, 4.69) is 15.3 Å². The Morgan fingerprint density at radius 3 is 2.54 bits per heavy atom. The Hall–Kier alpha value is -1.90. The number of rotatable bonds is 6. The first kappa shape index (κ1) is 18.9. The molecule has 8 heteroatoms. The molecule has 3 aromatic rings. The maximum Gasteiger partial charge on any atom is 0.231 e. The molecular weight excluding hydrogens is 386 g/mol. The number of methoxy groups -OCH3 is 1. The first-order chi connectivity index (χ1) is 12.5. The van der Waals surface area contributed by atoms with E-state index in [1.165, 1.54) is 11.3 Å². The molecule has 0 fully saturated rings. The number of anilines is 1. The number of nitrogens with zero attached hydrogens (tertiary/aromatic N) is 2. The van der Waals surface area contributed by atoms with Crippen molar-refractivity contribution < 1.29 is 9.53 Å². The molecule has 0 spiro atoms. The summed E-state index contributed by atoms with van der Waals surface area (Å²) in [5.41, 5.74) is 2.80. The van der Waals surface area contributed by atoms with E-state index in [4.69, 9.17) is 4.74 Å². The minimum atomic E-state index is -0.0700. The third-order valence-corrected chi connectivity index (χ3v) is 6.80. The summed E-state index contributed by atoms with van der Waals surface area (Å²) in [6.45, 7) is 3.94. The van der Waals surface area contributed by atoms with E-state index < -0.39 is 0 Å². The van der Waals surface area contributed by atoms with E-state index in [0.29, 0.717) is 11.6 Å². The first-order valence-corrected chi connectivity index (χ1v) is 10.8. The number of aromatic nitrogens is 2. The molecule has 0 radical (unpaired) electrons. The highest BCUT2D eigenvalue weighted by Gasteiger charge is 2.15. The van der Waals surface area contributed by atoms with E-state index in [9.17, 15) is 4.79 Å². The summed E-state index contributed by atoms with van der Waals surface area (Å²) >= 11 is 4.65. The van der Waals surface area contributed by atoms with Gasteiger partial charge in [-0.1, -0.05) is 11.8 Å². The number of thiazole rings is 2. The average molecular weight is 406 g/mol. The predicted molar refractivity (Wildman–Crippen MR) is 110 cm³/mol. The van der Waals surface area contributed by atoms with Gasteiger partial charge in [-0.3, -0.25) is 4.79 Å². The molecule has 0 atom stereocenters. The van der Waals surface area contributed by atoms with Crippen LogP contribution in [0.5, 0.6) is 5.75 Å². The molecular formula is C18H19N3O2S3. The zero-order chi connectivity index (χ0) is 18.7. The Morgan fingerprint density at radius 2 is 1.92 bits per heavy atom. The summed E-state index contributed by atoms with van der Waals surface area (Å²) in [5.74, 6) is 0.735. The van der Waals surface area contributed by atoms with Crippen LogP contribution >= 0.6 is 34.4 Å². The molecule has 0 unspecified atom stereocenters. The maximum absolute atomic E-state index is 12.4. The number of amides is 1. The molecule has 1 N–H and O–H groups in total. The van der Waals surface area contributed by atoms with Gasteiger partial charge in [0.15, 0.2) is 5.13 Å². The minimum absolute atomic E-state index is 0.0700. The number of nitrogens with one attached hydrogen (secondary N) is 1. The van der Waals surface area contributed by atoms with Crippen LogP contribution in [0, 0.1) is 13.8 Å². The third kappa shape index (κ3) is 4.25. The lowest BCUT2D eigenvalue weighted by atomic mass is 10.1. The molecule has 1 amide bonds. The summed E-state index contributed by atoms with van der Waals surface area (Å²) in [4.78, 5) is 23.5. The van der Waals surface area contributed by atoms with E-state index in [1.807, 2.05) is 44.4 Å². The monoisotopic (exact) mass is 405 g/mol. The molecule has 0 aliphatic rings. The molecule has 26 heavy (non-hydrogen) atoms. The minimum Gasteiger partial charge on any atom is -0.497 e. The molecule has 2 heterocycles. The predicted octanol–water partition coefficient (Wildman–Crippen LogP) is 4.80. The second-order valence-electron chi connectivity index (χ2n) is 5.57. The number of benzene rings is 1. The van der Waals surface area contributed by atoms with E-state index in [1.54, 1.807) is 30.2 Å². The second kappa shape index (κ2) is 8.20. The fourth-order valence-electron chi connectivity index (χ4n) is 2.43. The van der Waals surface area contributed by atoms with Gasteiger partial charge in [-0.05, 0) is 44.4 Å². The van der Waals surface area contributed by atoms with Gasteiger partial charge in [0.05, 0.1) is 24.9 Å². The van der Waals surface area contributed by atoms with Gasteiger partial charge >= 0.3 is 0 Å². The molecule has 0 aliphatic carbocycles. The highest BCUT2D eigenvalue weighted by atomic mass is 32.2. The lowest BCUT2D eigenvalue weighted by Crippen LogP contribution is -2.14. The lowest BCUT2D eigenvalue weighted by molar-refractivity contribution is -0.115.